The van der Waals surface area contributed by atoms with Gasteiger partial charge in [-0.15, -0.1) is 0 Å². The van der Waals surface area contributed by atoms with Crippen molar-refractivity contribution in [1.29, 1.82) is 0 Å². The van der Waals surface area contributed by atoms with Crippen molar-refractivity contribution >= 4 is 23.3 Å². The average Bonchev–Trinajstić information content (AvgIpc) is 3.54. The van der Waals surface area contributed by atoms with Gasteiger partial charge in [0.25, 0.3) is 0 Å². The summed E-state index contributed by atoms with van der Waals surface area (Å²) in [5.41, 5.74) is 0.815. The first-order valence-electron chi connectivity index (χ1n) is 10.2. The molecule has 4 rings (SSSR count). The van der Waals surface area contributed by atoms with Crippen LogP contribution in [0.4, 0.5) is 10.2 Å². The summed E-state index contributed by atoms with van der Waals surface area (Å²) in [5, 5.41) is 1.50. The number of ether oxygens (including phenoxy) is 2. The Morgan fingerprint density at radius 2 is 2.12 bits per heavy atom. The normalized spacial score (nSPS) is 19.2. The molecule has 10 heteroatoms. The number of nitrogens with two attached hydrogens (primary N) is 1. The van der Waals surface area contributed by atoms with Gasteiger partial charge in [0.05, 0.1) is 31.5 Å². The lowest BCUT2D eigenvalue weighted by Gasteiger charge is -2.22. The highest BCUT2D eigenvalue weighted by Crippen LogP contribution is 2.55. The second-order valence-corrected chi connectivity index (χ2v) is 8.35. The Labute approximate surface area is 195 Å². The van der Waals surface area contributed by atoms with Gasteiger partial charge in [0.2, 0.25) is 5.91 Å². The summed E-state index contributed by atoms with van der Waals surface area (Å²) >= 11 is 6.24. The van der Waals surface area contributed by atoms with Crippen LogP contribution in [0.1, 0.15) is 23.5 Å². The predicted octanol–water partition coefficient (Wildman–Crippen LogP) is 3.36. The van der Waals surface area contributed by atoms with E-state index in [-0.39, 0.29) is 24.9 Å². The number of benzene rings is 1. The van der Waals surface area contributed by atoms with Gasteiger partial charge in [0.1, 0.15) is 23.2 Å². The maximum atomic E-state index is 13.2. The lowest BCUT2D eigenvalue weighted by atomic mass is 9.93. The van der Waals surface area contributed by atoms with E-state index in [0.29, 0.717) is 28.7 Å². The minimum atomic E-state index is -0.658. The SMILES string of the molecule is COCc1nc(C)ncc1OCC1(c2cccc(Cl)c2)CC1C(=O)N(N)c1ccc(F)cn1. The van der Waals surface area contributed by atoms with E-state index in [4.69, 9.17) is 26.9 Å². The first-order valence-corrected chi connectivity index (χ1v) is 10.6. The molecule has 1 fully saturated rings. The minimum Gasteiger partial charge on any atom is -0.489 e. The third-order valence-electron chi connectivity index (χ3n) is 5.69. The number of amides is 1. The van der Waals surface area contributed by atoms with Gasteiger partial charge in [-0.05, 0) is 43.2 Å². The quantitative estimate of drug-likeness (QED) is 0.305. The summed E-state index contributed by atoms with van der Waals surface area (Å²) in [6, 6.07) is 9.86. The lowest BCUT2D eigenvalue weighted by Crippen LogP contribution is -2.41. The highest BCUT2D eigenvalue weighted by atomic mass is 35.5. The minimum absolute atomic E-state index is 0.156. The van der Waals surface area contributed by atoms with Crippen LogP contribution in [0.3, 0.4) is 0 Å². The van der Waals surface area contributed by atoms with E-state index in [9.17, 15) is 9.18 Å². The summed E-state index contributed by atoms with van der Waals surface area (Å²) in [7, 11) is 1.57. The number of carbonyl (C=O) groups is 1. The van der Waals surface area contributed by atoms with Crippen molar-refractivity contribution in [2.45, 2.75) is 25.4 Å². The standard InChI is InChI=1S/C23H23ClFN5O3/c1-14-27-11-20(19(29-14)12-32-2)33-13-23(15-4-3-5-16(24)8-15)9-18(23)22(31)30(26)21-7-6-17(25)10-28-21/h3-8,10-11,18H,9,12-13,26H2,1-2H3. The average molecular weight is 472 g/mol. The van der Waals surface area contributed by atoms with Crippen LogP contribution in [0.5, 0.6) is 5.75 Å². The predicted molar refractivity (Wildman–Crippen MR) is 120 cm³/mol. The van der Waals surface area contributed by atoms with Gasteiger partial charge < -0.3 is 9.47 Å². The topological polar surface area (TPSA) is 103 Å². The number of halogens is 2. The first kappa shape index (κ1) is 23.0. The van der Waals surface area contributed by atoms with Crippen molar-refractivity contribution in [2.24, 2.45) is 11.8 Å². The first-order chi connectivity index (χ1) is 15.8. The van der Waals surface area contributed by atoms with Crippen LogP contribution >= 0.6 is 11.6 Å². The fraction of sp³-hybridized carbons (Fsp3) is 0.304. The molecule has 0 bridgehead atoms. The van der Waals surface area contributed by atoms with E-state index < -0.39 is 17.2 Å². The number of aromatic nitrogens is 3. The number of hydrogen-bond donors (Lipinski definition) is 1. The van der Waals surface area contributed by atoms with Crippen molar-refractivity contribution in [3.63, 3.8) is 0 Å². The van der Waals surface area contributed by atoms with Crippen molar-refractivity contribution in [2.75, 3.05) is 18.7 Å². The molecule has 1 aliphatic rings. The van der Waals surface area contributed by atoms with Gasteiger partial charge in [-0.2, -0.15) is 0 Å². The van der Waals surface area contributed by atoms with Gasteiger partial charge in [0, 0.05) is 17.5 Å². The zero-order valence-electron chi connectivity index (χ0n) is 18.2. The summed E-state index contributed by atoms with van der Waals surface area (Å²) in [6.07, 6.45) is 3.10. The van der Waals surface area contributed by atoms with Crippen molar-refractivity contribution < 1.29 is 18.7 Å². The highest BCUT2D eigenvalue weighted by Gasteiger charge is 2.61. The summed E-state index contributed by atoms with van der Waals surface area (Å²) < 4.78 is 24.6. The number of rotatable bonds is 8. The summed E-state index contributed by atoms with van der Waals surface area (Å²) in [5.74, 6) is 5.93. The van der Waals surface area contributed by atoms with E-state index in [0.717, 1.165) is 16.8 Å². The number of carbonyl (C=O) groups excluding carboxylic acids is 1. The number of aryl methyl sites for hydroxylation is 1. The van der Waals surface area contributed by atoms with Crippen molar-refractivity contribution in [3.8, 4) is 5.75 Å². The van der Waals surface area contributed by atoms with Crippen molar-refractivity contribution in [1.82, 2.24) is 15.0 Å². The largest absolute Gasteiger partial charge is 0.489 e. The van der Waals surface area contributed by atoms with E-state index in [1.54, 1.807) is 26.3 Å². The molecule has 2 N–H and O–H groups in total. The van der Waals surface area contributed by atoms with Crippen LogP contribution in [0.15, 0.2) is 48.8 Å². The fourth-order valence-electron chi connectivity index (χ4n) is 3.85. The molecule has 0 radical (unpaired) electrons. The Morgan fingerprint density at radius 3 is 2.82 bits per heavy atom. The number of pyridine rings is 1. The van der Waals surface area contributed by atoms with Gasteiger partial charge in [-0.25, -0.2) is 30.2 Å². The molecule has 1 aromatic carbocycles. The molecule has 0 aliphatic heterocycles. The molecule has 1 aliphatic carbocycles. The fourth-order valence-corrected chi connectivity index (χ4v) is 4.04. The molecule has 0 spiro atoms. The van der Waals surface area contributed by atoms with Crippen LogP contribution in [0.25, 0.3) is 0 Å². The third-order valence-corrected chi connectivity index (χ3v) is 5.92. The molecule has 2 atom stereocenters. The highest BCUT2D eigenvalue weighted by molar-refractivity contribution is 6.30. The Balaban J connectivity index is 1.60. The van der Waals surface area contributed by atoms with E-state index in [1.807, 2.05) is 18.2 Å². The van der Waals surface area contributed by atoms with E-state index in [2.05, 4.69) is 15.0 Å². The Hall–Kier alpha value is -3.14. The zero-order chi connectivity index (χ0) is 23.6. The van der Waals surface area contributed by atoms with Crippen molar-refractivity contribution in [3.05, 3.63) is 76.7 Å². The summed E-state index contributed by atoms with van der Waals surface area (Å²) in [4.78, 5) is 25.7. The smallest absolute Gasteiger partial charge is 0.246 e. The Kier molecular flexibility index (Phi) is 6.55. The maximum absolute atomic E-state index is 13.2. The molecule has 172 valence electrons. The molecule has 2 aromatic heterocycles. The van der Waals surface area contributed by atoms with Crippen LogP contribution in [0.2, 0.25) is 5.02 Å². The van der Waals surface area contributed by atoms with Crippen LogP contribution in [-0.2, 0) is 21.6 Å². The number of anilines is 1. The molecule has 3 aromatic rings. The van der Waals surface area contributed by atoms with Gasteiger partial charge in [0.15, 0.2) is 5.75 Å². The Bertz CT molecular complexity index is 1160. The van der Waals surface area contributed by atoms with E-state index in [1.165, 1.54) is 12.1 Å². The number of nitrogens with zero attached hydrogens (tertiary/aromatic N) is 4. The van der Waals surface area contributed by atoms with Gasteiger partial charge in [-0.1, -0.05) is 23.7 Å². The van der Waals surface area contributed by atoms with Gasteiger partial charge >= 0.3 is 0 Å². The van der Waals surface area contributed by atoms with Crippen LogP contribution in [0, 0.1) is 18.7 Å². The number of methoxy groups -OCH3 is 1. The second kappa shape index (κ2) is 9.38. The monoisotopic (exact) mass is 471 g/mol. The molecule has 0 saturated heterocycles. The molecule has 1 saturated carbocycles. The molecular formula is C23H23ClFN5O3. The molecule has 33 heavy (non-hydrogen) atoms. The zero-order valence-corrected chi connectivity index (χ0v) is 18.9. The lowest BCUT2D eigenvalue weighted by molar-refractivity contribution is -0.120. The summed E-state index contributed by atoms with van der Waals surface area (Å²) in [6.45, 7) is 2.22. The molecular weight excluding hydrogens is 449 g/mol. The number of hydrazine groups is 1. The van der Waals surface area contributed by atoms with E-state index >= 15 is 0 Å². The molecule has 8 nitrogen and oxygen atoms in total. The van der Waals surface area contributed by atoms with Gasteiger partial charge in [-0.3, -0.25) is 4.79 Å². The Morgan fingerprint density at radius 1 is 1.30 bits per heavy atom. The van der Waals surface area contributed by atoms with Crippen LogP contribution in [-0.4, -0.2) is 34.6 Å². The number of hydrogen-bond acceptors (Lipinski definition) is 7. The third kappa shape index (κ3) is 4.80. The molecule has 2 unspecified atom stereocenters. The van der Waals surface area contributed by atoms with Crippen LogP contribution < -0.4 is 15.6 Å². The molecule has 1 amide bonds. The molecule has 2 heterocycles. The second-order valence-electron chi connectivity index (χ2n) is 7.92. The maximum Gasteiger partial charge on any atom is 0.246 e.